The van der Waals surface area contributed by atoms with E-state index in [1.165, 1.54) is 6.42 Å². The molecule has 0 heterocycles. The van der Waals surface area contributed by atoms with Crippen molar-refractivity contribution in [1.29, 1.82) is 10.5 Å². The Bertz CT molecular complexity index is 1090. The second kappa shape index (κ2) is 11.7. The first-order valence-corrected chi connectivity index (χ1v) is 11.4. The molecule has 1 aliphatic carbocycles. The summed E-state index contributed by atoms with van der Waals surface area (Å²) in [4.78, 5) is 12.7. The molecule has 0 saturated heterocycles. The average Bonchev–Trinajstić information content (AvgIpc) is 2.83. The zero-order valence-corrected chi connectivity index (χ0v) is 19.1. The van der Waals surface area contributed by atoms with Gasteiger partial charge < -0.3 is 14.8 Å². The van der Waals surface area contributed by atoms with E-state index in [1.54, 1.807) is 30.3 Å². The van der Waals surface area contributed by atoms with Gasteiger partial charge >= 0.3 is 0 Å². The standard InChI is InChI=1S/C27H29N3O3/c1-3-32-26-15-20(12-13-25(26)33-18-22-10-6-5-9-21(22)16-28)14-23(17-29)27(31)30-24-11-7-4-8-19(24)2/h5-6,9-10,12-15,19,24H,3-4,7-8,11,18H2,1-2H3,(H,30,31)/b23-14+/t19-,24-/m1/s1. The molecule has 0 bridgehead atoms. The molecule has 6 heteroatoms. The fraction of sp³-hybridized carbons (Fsp3) is 0.370. The molecule has 1 saturated carbocycles. The summed E-state index contributed by atoms with van der Waals surface area (Å²) in [5.74, 6) is 1.11. The Kier molecular flexibility index (Phi) is 8.49. The molecular weight excluding hydrogens is 414 g/mol. The van der Waals surface area contributed by atoms with E-state index in [0.717, 1.165) is 24.8 Å². The number of hydrogen-bond donors (Lipinski definition) is 1. The van der Waals surface area contributed by atoms with Crippen molar-refractivity contribution in [2.45, 2.75) is 52.2 Å². The molecule has 170 valence electrons. The molecule has 0 unspecified atom stereocenters. The SMILES string of the molecule is CCOc1cc(/C=C(\C#N)C(=O)N[C@@H]2CCCC[C@H]2C)ccc1OCc1ccccc1C#N. The summed E-state index contributed by atoms with van der Waals surface area (Å²) in [5.41, 5.74) is 2.08. The van der Waals surface area contributed by atoms with E-state index in [2.05, 4.69) is 18.3 Å². The molecule has 1 aliphatic rings. The van der Waals surface area contributed by atoms with E-state index < -0.39 is 0 Å². The molecule has 6 nitrogen and oxygen atoms in total. The summed E-state index contributed by atoms with van der Waals surface area (Å²) in [6.07, 6.45) is 5.89. The van der Waals surface area contributed by atoms with Gasteiger partial charge in [-0.3, -0.25) is 4.79 Å². The van der Waals surface area contributed by atoms with Gasteiger partial charge in [-0.2, -0.15) is 10.5 Å². The van der Waals surface area contributed by atoms with Gasteiger partial charge in [0.15, 0.2) is 11.5 Å². The lowest BCUT2D eigenvalue weighted by atomic mass is 9.86. The Hall–Kier alpha value is -3.77. The van der Waals surface area contributed by atoms with Crippen LogP contribution in [0.2, 0.25) is 0 Å². The van der Waals surface area contributed by atoms with Gasteiger partial charge in [0.1, 0.15) is 18.2 Å². The van der Waals surface area contributed by atoms with Crippen LogP contribution in [0, 0.1) is 28.6 Å². The zero-order chi connectivity index (χ0) is 23.6. The molecule has 0 aromatic heterocycles. The zero-order valence-electron chi connectivity index (χ0n) is 19.1. The minimum absolute atomic E-state index is 0.0619. The van der Waals surface area contributed by atoms with Gasteiger partial charge in [-0.05, 0) is 55.5 Å². The van der Waals surface area contributed by atoms with E-state index in [9.17, 15) is 15.3 Å². The van der Waals surface area contributed by atoms with Crippen LogP contribution in [0.4, 0.5) is 0 Å². The Labute approximate surface area is 195 Å². The first kappa shape index (κ1) is 23.9. The highest BCUT2D eigenvalue weighted by Gasteiger charge is 2.24. The van der Waals surface area contributed by atoms with Crippen LogP contribution in [0.15, 0.2) is 48.0 Å². The monoisotopic (exact) mass is 443 g/mol. The van der Waals surface area contributed by atoms with Crippen LogP contribution < -0.4 is 14.8 Å². The number of nitrogens with zero attached hydrogens (tertiary/aromatic N) is 2. The molecule has 1 amide bonds. The summed E-state index contributed by atoms with van der Waals surface area (Å²) in [6.45, 7) is 4.67. The van der Waals surface area contributed by atoms with E-state index in [0.29, 0.717) is 35.2 Å². The normalized spacial score (nSPS) is 18.0. The number of nitrogens with one attached hydrogen (secondary N) is 1. The van der Waals surface area contributed by atoms with E-state index in [-0.39, 0.29) is 24.1 Å². The van der Waals surface area contributed by atoms with Crippen LogP contribution in [0.25, 0.3) is 6.08 Å². The number of carbonyl (C=O) groups excluding carboxylic acids is 1. The predicted molar refractivity (Wildman–Crippen MR) is 126 cm³/mol. The summed E-state index contributed by atoms with van der Waals surface area (Å²) in [7, 11) is 0. The van der Waals surface area contributed by atoms with E-state index in [1.807, 2.05) is 31.2 Å². The average molecular weight is 444 g/mol. The van der Waals surface area contributed by atoms with Crippen LogP contribution in [0.3, 0.4) is 0 Å². The largest absolute Gasteiger partial charge is 0.490 e. The minimum Gasteiger partial charge on any atom is -0.490 e. The maximum Gasteiger partial charge on any atom is 0.262 e. The van der Waals surface area contributed by atoms with Crippen LogP contribution in [0.5, 0.6) is 11.5 Å². The topological polar surface area (TPSA) is 95.1 Å². The highest BCUT2D eigenvalue weighted by Crippen LogP contribution is 2.30. The number of nitriles is 2. The third-order valence-corrected chi connectivity index (χ3v) is 5.89. The molecule has 2 atom stereocenters. The van der Waals surface area contributed by atoms with Gasteiger partial charge in [0, 0.05) is 11.6 Å². The van der Waals surface area contributed by atoms with Gasteiger partial charge in [-0.15, -0.1) is 0 Å². The van der Waals surface area contributed by atoms with E-state index >= 15 is 0 Å². The van der Waals surface area contributed by atoms with E-state index in [4.69, 9.17) is 9.47 Å². The Morgan fingerprint density at radius 3 is 2.64 bits per heavy atom. The molecule has 0 spiro atoms. The van der Waals surface area contributed by atoms with Crippen molar-refractivity contribution in [3.8, 4) is 23.6 Å². The van der Waals surface area contributed by atoms with Crippen molar-refractivity contribution in [3.05, 3.63) is 64.7 Å². The fourth-order valence-electron chi connectivity index (χ4n) is 4.00. The van der Waals surface area contributed by atoms with Gasteiger partial charge in [-0.1, -0.05) is 44.0 Å². The Morgan fingerprint density at radius 1 is 1.12 bits per heavy atom. The second-order valence-electron chi connectivity index (χ2n) is 8.21. The number of rotatable bonds is 8. The molecule has 2 aromatic rings. The van der Waals surface area contributed by atoms with Gasteiger partial charge in [0.05, 0.1) is 18.2 Å². The number of carbonyl (C=O) groups is 1. The summed E-state index contributed by atoms with van der Waals surface area (Å²) >= 11 is 0. The molecule has 2 aromatic carbocycles. The van der Waals surface area contributed by atoms with Crippen molar-refractivity contribution >= 4 is 12.0 Å². The smallest absolute Gasteiger partial charge is 0.262 e. The van der Waals surface area contributed by atoms with Crippen molar-refractivity contribution in [2.75, 3.05) is 6.61 Å². The summed E-state index contributed by atoms with van der Waals surface area (Å²) in [5, 5.41) is 21.9. The number of amides is 1. The van der Waals surface area contributed by atoms with Crippen molar-refractivity contribution in [2.24, 2.45) is 5.92 Å². The molecular formula is C27H29N3O3. The van der Waals surface area contributed by atoms with Gasteiger partial charge in [0.2, 0.25) is 0 Å². The summed E-state index contributed by atoms with van der Waals surface area (Å²) in [6, 6.07) is 16.8. The highest BCUT2D eigenvalue weighted by atomic mass is 16.5. The first-order chi connectivity index (χ1) is 16.0. The maximum atomic E-state index is 12.7. The Balaban J connectivity index is 1.76. The third-order valence-electron chi connectivity index (χ3n) is 5.89. The predicted octanol–water partition coefficient (Wildman–Crippen LogP) is 5.14. The van der Waals surface area contributed by atoms with Crippen molar-refractivity contribution in [3.63, 3.8) is 0 Å². The minimum atomic E-state index is -0.345. The lowest BCUT2D eigenvalue weighted by Crippen LogP contribution is -2.41. The van der Waals surface area contributed by atoms with Crippen LogP contribution in [0.1, 0.15) is 56.2 Å². The molecule has 0 radical (unpaired) electrons. The molecule has 1 N–H and O–H groups in total. The number of hydrogen-bond acceptors (Lipinski definition) is 5. The lowest BCUT2D eigenvalue weighted by molar-refractivity contribution is -0.118. The molecule has 3 rings (SSSR count). The van der Waals surface area contributed by atoms with Crippen molar-refractivity contribution in [1.82, 2.24) is 5.32 Å². The first-order valence-electron chi connectivity index (χ1n) is 11.4. The quantitative estimate of drug-likeness (QED) is 0.450. The molecule has 0 aliphatic heterocycles. The fourth-order valence-corrected chi connectivity index (χ4v) is 4.00. The maximum absolute atomic E-state index is 12.7. The van der Waals surface area contributed by atoms with Crippen molar-refractivity contribution < 1.29 is 14.3 Å². The lowest BCUT2D eigenvalue weighted by Gasteiger charge is -2.29. The molecule has 33 heavy (non-hydrogen) atoms. The highest BCUT2D eigenvalue weighted by molar-refractivity contribution is 6.01. The third kappa shape index (κ3) is 6.37. The van der Waals surface area contributed by atoms with Gasteiger partial charge in [0.25, 0.3) is 5.91 Å². The Morgan fingerprint density at radius 2 is 1.91 bits per heavy atom. The number of ether oxygens (including phenoxy) is 2. The second-order valence-corrected chi connectivity index (χ2v) is 8.21. The van der Waals surface area contributed by atoms with Crippen LogP contribution in [-0.4, -0.2) is 18.6 Å². The number of benzene rings is 2. The summed E-state index contributed by atoms with van der Waals surface area (Å²) < 4.78 is 11.7. The van der Waals surface area contributed by atoms with Gasteiger partial charge in [-0.25, -0.2) is 0 Å². The molecule has 1 fully saturated rings. The van der Waals surface area contributed by atoms with Crippen LogP contribution in [-0.2, 0) is 11.4 Å². The van der Waals surface area contributed by atoms with Crippen LogP contribution >= 0.6 is 0 Å².